The van der Waals surface area contributed by atoms with Crippen LogP contribution in [0.3, 0.4) is 0 Å². The van der Waals surface area contributed by atoms with Crippen molar-refractivity contribution in [1.29, 1.82) is 0 Å². The van der Waals surface area contributed by atoms with E-state index in [-0.39, 0.29) is 24.9 Å². The normalized spacial score (nSPS) is 11.8. The average Bonchev–Trinajstić information content (AvgIpc) is 2.54. The van der Waals surface area contributed by atoms with Gasteiger partial charge in [-0.2, -0.15) is 0 Å². The van der Waals surface area contributed by atoms with Gasteiger partial charge >= 0.3 is 0 Å². The fourth-order valence-corrected chi connectivity index (χ4v) is 3.23. The number of quaternary nitrogens is 1. The Kier molecular flexibility index (Phi) is 6.99. The number of likely N-dealkylation sites (N-methyl/N-ethyl adjacent to an activating group) is 1. The van der Waals surface area contributed by atoms with Crippen LogP contribution in [0.5, 0.6) is 0 Å². The topological polar surface area (TPSA) is 62.6 Å². The summed E-state index contributed by atoms with van der Waals surface area (Å²) in [5.74, 6) is -0.281. The molecule has 0 aliphatic rings. The van der Waals surface area contributed by atoms with Crippen LogP contribution in [0.15, 0.2) is 30.3 Å². The van der Waals surface area contributed by atoms with Crippen LogP contribution >= 0.6 is 11.6 Å². The van der Waals surface area contributed by atoms with Crippen LogP contribution in [0.2, 0.25) is 5.02 Å². The van der Waals surface area contributed by atoms with Crippen molar-refractivity contribution in [2.75, 3.05) is 30.8 Å². The molecule has 0 saturated carbocycles. The van der Waals surface area contributed by atoms with Gasteiger partial charge in [0.1, 0.15) is 0 Å². The van der Waals surface area contributed by atoms with E-state index in [0.717, 1.165) is 27.3 Å². The van der Waals surface area contributed by atoms with E-state index >= 15 is 0 Å². The molecule has 0 aromatic heterocycles. The minimum atomic E-state index is -0.164. The van der Waals surface area contributed by atoms with E-state index in [0.29, 0.717) is 10.7 Å². The zero-order valence-electron chi connectivity index (χ0n) is 16.5. The fraction of sp³-hybridized carbons (Fsp3) is 0.333. The molecule has 0 spiro atoms. The van der Waals surface area contributed by atoms with Crippen molar-refractivity contribution in [3.8, 4) is 0 Å². The maximum atomic E-state index is 12.4. The summed E-state index contributed by atoms with van der Waals surface area (Å²) in [6, 6.07) is 9.47. The lowest BCUT2D eigenvalue weighted by atomic mass is 10.1. The molecule has 0 aliphatic carbocycles. The Labute approximate surface area is 165 Å². The zero-order valence-corrected chi connectivity index (χ0v) is 17.3. The van der Waals surface area contributed by atoms with Gasteiger partial charge < -0.3 is 15.5 Å². The smallest absolute Gasteiger partial charge is 0.279 e. The Morgan fingerprint density at radius 3 is 2.00 bits per heavy atom. The van der Waals surface area contributed by atoms with Crippen LogP contribution in [-0.4, -0.2) is 32.0 Å². The first-order valence-electron chi connectivity index (χ1n) is 8.90. The number of carbonyl (C=O) groups excluding carboxylic acids is 2. The molecule has 2 aromatic carbocycles. The predicted octanol–water partition coefficient (Wildman–Crippen LogP) is 2.67. The highest BCUT2D eigenvalue weighted by Gasteiger charge is 2.16. The van der Waals surface area contributed by atoms with E-state index in [2.05, 4.69) is 10.6 Å². The van der Waals surface area contributed by atoms with Crippen LogP contribution in [0.25, 0.3) is 0 Å². The van der Waals surface area contributed by atoms with E-state index < -0.39 is 0 Å². The van der Waals surface area contributed by atoms with Gasteiger partial charge in [0, 0.05) is 16.4 Å². The molecule has 0 fully saturated rings. The lowest BCUT2D eigenvalue weighted by molar-refractivity contribution is -0.862. The van der Waals surface area contributed by atoms with E-state index in [1.807, 2.05) is 59.0 Å². The van der Waals surface area contributed by atoms with E-state index in [1.165, 1.54) is 5.56 Å². The summed E-state index contributed by atoms with van der Waals surface area (Å²) in [6.07, 6.45) is 0. The number of nitrogens with one attached hydrogen (secondary N) is 3. The molecule has 3 N–H and O–H groups in total. The number of benzene rings is 2. The molecule has 0 radical (unpaired) electrons. The summed E-state index contributed by atoms with van der Waals surface area (Å²) in [4.78, 5) is 25.3. The summed E-state index contributed by atoms with van der Waals surface area (Å²) >= 11 is 6.07. The van der Waals surface area contributed by atoms with Crippen molar-refractivity contribution < 1.29 is 14.5 Å². The molecular weight excluding hydrogens is 362 g/mol. The molecular formula is C21H27ClN3O2+. The van der Waals surface area contributed by atoms with Crippen molar-refractivity contribution >= 4 is 34.8 Å². The SMILES string of the molecule is Cc1cc(C)c(NC(=O)C[NH+](C)CC(=O)Nc2ccc(C)c(Cl)c2)c(C)c1. The van der Waals surface area contributed by atoms with Crippen molar-refractivity contribution in [2.24, 2.45) is 0 Å². The maximum absolute atomic E-state index is 12.4. The molecule has 27 heavy (non-hydrogen) atoms. The highest BCUT2D eigenvalue weighted by atomic mass is 35.5. The fourth-order valence-electron chi connectivity index (χ4n) is 3.05. The molecule has 144 valence electrons. The van der Waals surface area contributed by atoms with Gasteiger partial charge in [0.25, 0.3) is 11.8 Å². The Hall–Kier alpha value is -2.37. The lowest BCUT2D eigenvalue weighted by Gasteiger charge is -2.16. The van der Waals surface area contributed by atoms with Gasteiger partial charge in [0.2, 0.25) is 0 Å². The molecule has 2 amide bonds. The third-order valence-corrected chi connectivity index (χ3v) is 4.73. The first-order chi connectivity index (χ1) is 12.7. The minimum absolute atomic E-state index is 0.117. The number of hydrogen-bond acceptors (Lipinski definition) is 2. The van der Waals surface area contributed by atoms with Gasteiger partial charge in [0.15, 0.2) is 13.1 Å². The number of amides is 2. The molecule has 1 unspecified atom stereocenters. The summed E-state index contributed by atoms with van der Waals surface area (Å²) in [5.41, 5.74) is 5.69. The van der Waals surface area contributed by atoms with Crippen LogP contribution in [-0.2, 0) is 9.59 Å². The third-order valence-electron chi connectivity index (χ3n) is 4.32. The summed E-state index contributed by atoms with van der Waals surface area (Å²) in [6.45, 7) is 8.28. The van der Waals surface area contributed by atoms with Gasteiger partial charge in [0.05, 0.1) is 7.05 Å². The van der Waals surface area contributed by atoms with Crippen LogP contribution in [0.1, 0.15) is 22.3 Å². The molecule has 5 nitrogen and oxygen atoms in total. The summed E-state index contributed by atoms with van der Waals surface area (Å²) in [7, 11) is 1.82. The van der Waals surface area contributed by atoms with Gasteiger partial charge in [-0.3, -0.25) is 9.59 Å². The quantitative estimate of drug-likeness (QED) is 0.712. The number of anilines is 2. The number of halogens is 1. The molecule has 0 aliphatic heterocycles. The molecule has 2 aromatic rings. The van der Waals surface area contributed by atoms with Crippen molar-refractivity contribution in [2.45, 2.75) is 27.7 Å². The lowest BCUT2D eigenvalue weighted by Crippen LogP contribution is -3.11. The second-order valence-corrected chi connectivity index (χ2v) is 7.55. The number of rotatable bonds is 6. The zero-order chi connectivity index (χ0) is 20.1. The van der Waals surface area contributed by atoms with Crippen molar-refractivity contribution in [1.82, 2.24) is 0 Å². The molecule has 0 bridgehead atoms. The van der Waals surface area contributed by atoms with E-state index in [1.54, 1.807) is 6.07 Å². The molecule has 0 saturated heterocycles. The van der Waals surface area contributed by atoms with Crippen LogP contribution in [0.4, 0.5) is 11.4 Å². The third kappa shape index (κ3) is 6.08. The monoisotopic (exact) mass is 388 g/mol. The molecule has 0 heterocycles. The van der Waals surface area contributed by atoms with E-state index in [9.17, 15) is 9.59 Å². The second kappa shape index (κ2) is 9.02. The maximum Gasteiger partial charge on any atom is 0.279 e. The first-order valence-corrected chi connectivity index (χ1v) is 9.28. The Morgan fingerprint density at radius 2 is 1.44 bits per heavy atom. The Bertz CT molecular complexity index is 841. The molecule has 6 heteroatoms. The first kappa shape index (κ1) is 20.9. The van der Waals surface area contributed by atoms with Crippen molar-refractivity contribution in [3.63, 3.8) is 0 Å². The highest BCUT2D eigenvalue weighted by Crippen LogP contribution is 2.21. The standard InChI is InChI=1S/C21H26ClN3O2/c1-13-8-15(3)21(16(4)9-13)24-20(27)12-25(5)11-19(26)23-17-7-6-14(2)18(22)10-17/h6-10H,11-12H2,1-5H3,(H,23,26)(H,24,27)/p+1. The molecule has 2 rings (SSSR count). The average molecular weight is 389 g/mol. The Morgan fingerprint density at radius 1 is 0.889 bits per heavy atom. The number of carbonyl (C=O) groups is 2. The van der Waals surface area contributed by atoms with Crippen LogP contribution in [0, 0.1) is 27.7 Å². The van der Waals surface area contributed by atoms with Gasteiger partial charge in [-0.15, -0.1) is 0 Å². The van der Waals surface area contributed by atoms with Gasteiger partial charge in [-0.05, 0) is 56.5 Å². The van der Waals surface area contributed by atoms with Gasteiger partial charge in [-0.1, -0.05) is 35.4 Å². The largest absolute Gasteiger partial charge is 0.322 e. The number of aryl methyl sites for hydroxylation is 4. The van der Waals surface area contributed by atoms with Crippen molar-refractivity contribution in [3.05, 3.63) is 57.6 Å². The Balaban J connectivity index is 1.89. The summed E-state index contributed by atoms with van der Waals surface area (Å²) < 4.78 is 0. The minimum Gasteiger partial charge on any atom is -0.322 e. The molecule has 1 atom stereocenters. The highest BCUT2D eigenvalue weighted by molar-refractivity contribution is 6.31. The predicted molar refractivity (Wildman–Crippen MR) is 111 cm³/mol. The van der Waals surface area contributed by atoms with Gasteiger partial charge in [-0.25, -0.2) is 0 Å². The summed E-state index contributed by atoms with van der Waals surface area (Å²) in [5, 5.41) is 6.38. The van der Waals surface area contributed by atoms with Crippen LogP contribution < -0.4 is 15.5 Å². The second-order valence-electron chi connectivity index (χ2n) is 7.14. The van der Waals surface area contributed by atoms with E-state index in [4.69, 9.17) is 11.6 Å². The number of hydrogen-bond donors (Lipinski definition) is 3.